The third-order valence-corrected chi connectivity index (χ3v) is 1.79. The second kappa shape index (κ2) is 2.41. The molecule has 4 nitrogen and oxygen atoms in total. The summed E-state index contributed by atoms with van der Waals surface area (Å²) in [6.45, 7) is 0. The topological polar surface area (TPSA) is 63.9 Å². The third-order valence-electron chi connectivity index (χ3n) is 1.79. The summed E-state index contributed by atoms with van der Waals surface area (Å²) in [5, 5.41) is 7.71. The van der Waals surface area contributed by atoms with Gasteiger partial charge in [0, 0.05) is 5.39 Å². The number of methoxy groups -OCH3 is 1. The van der Waals surface area contributed by atoms with E-state index in [1.807, 2.05) is 6.07 Å². The van der Waals surface area contributed by atoms with Crippen molar-refractivity contribution in [1.82, 2.24) is 10.2 Å². The minimum absolute atomic E-state index is 0.620. The zero-order valence-corrected chi connectivity index (χ0v) is 6.66. The predicted molar refractivity (Wildman–Crippen MR) is 47.1 cm³/mol. The number of nitrogens with two attached hydrogens (primary N) is 1. The zero-order chi connectivity index (χ0) is 8.55. The van der Waals surface area contributed by atoms with Crippen LogP contribution in [0.5, 0.6) is 5.75 Å². The summed E-state index contributed by atoms with van der Waals surface area (Å²) < 4.78 is 5.06. The van der Waals surface area contributed by atoms with E-state index in [1.165, 1.54) is 0 Å². The van der Waals surface area contributed by atoms with Crippen molar-refractivity contribution in [2.24, 2.45) is 0 Å². The standard InChI is InChI=1S/C8H9N3O/c1-12-8-2-5-4-10-11-7(5)3-6(8)9/h2-4H,9H2,1H3,(H,10,11). The third kappa shape index (κ3) is 0.887. The SMILES string of the molecule is COc1cc2cn[nH]c2cc1N. The molecule has 12 heavy (non-hydrogen) atoms. The van der Waals surface area contributed by atoms with Gasteiger partial charge in [0.15, 0.2) is 0 Å². The Balaban J connectivity index is 2.73. The number of aromatic amines is 1. The van der Waals surface area contributed by atoms with Gasteiger partial charge in [0.1, 0.15) is 5.75 Å². The van der Waals surface area contributed by atoms with Gasteiger partial charge in [0.05, 0.1) is 24.5 Å². The van der Waals surface area contributed by atoms with E-state index in [4.69, 9.17) is 10.5 Å². The highest BCUT2D eigenvalue weighted by Gasteiger charge is 2.02. The molecule has 0 aliphatic carbocycles. The van der Waals surface area contributed by atoms with Crippen molar-refractivity contribution in [3.63, 3.8) is 0 Å². The summed E-state index contributed by atoms with van der Waals surface area (Å²) >= 11 is 0. The number of nitrogens with one attached hydrogen (secondary N) is 1. The number of benzene rings is 1. The second-order valence-electron chi connectivity index (χ2n) is 2.55. The van der Waals surface area contributed by atoms with Crippen LogP contribution in [0, 0.1) is 0 Å². The van der Waals surface area contributed by atoms with Gasteiger partial charge in [-0.1, -0.05) is 0 Å². The molecular formula is C8H9N3O. The number of fused-ring (bicyclic) bond motifs is 1. The molecule has 0 spiro atoms. The first-order valence-corrected chi connectivity index (χ1v) is 3.58. The van der Waals surface area contributed by atoms with Crippen LogP contribution in [0.1, 0.15) is 0 Å². The molecule has 0 saturated heterocycles. The van der Waals surface area contributed by atoms with Gasteiger partial charge in [0.25, 0.3) is 0 Å². The van der Waals surface area contributed by atoms with Crippen molar-refractivity contribution in [2.75, 3.05) is 12.8 Å². The number of anilines is 1. The number of hydrogen-bond acceptors (Lipinski definition) is 3. The van der Waals surface area contributed by atoms with Crippen molar-refractivity contribution in [3.05, 3.63) is 18.3 Å². The van der Waals surface area contributed by atoms with Gasteiger partial charge in [-0.25, -0.2) is 0 Å². The maximum atomic E-state index is 5.68. The molecule has 3 N–H and O–H groups in total. The Bertz CT molecular complexity index is 408. The molecule has 0 fully saturated rings. The highest BCUT2D eigenvalue weighted by molar-refractivity contribution is 5.84. The van der Waals surface area contributed by atoms with Crippen molar-refractivity contribution >= 4 is 16.6 Å². The van der Waals surface area contributed by atoms with Gasteiger partial charge < -0.3 is 10.5 Å². The van der Waals surface area contributed by atoms with Crippen LogP contribution in [0.25, 0.3) is 10.9 Å². The fourth-order valence-electron chi connectivity index (χ4n) is 1.16. The van der Waals surface area contributed by atoms with Gasteiger partial charge in [-0.05, 0) is 12.1 Å². The molecule has 2 rings (SSSR count). The van der Waals surface area contributed by atoms with E-state index in [0.717, 1.165) is 10.9 Å². The van der Waals surface area contributed by atoms with E-state index in [1.54, 1.807) is 19.4 Å². The lowest BCUT2D eigenvalue weighted by atomic mass is 10.2. The van der Waals surface area contributed by atoms with Crippen LogP contribution in [0.2, 0.25) is 0 Å². The van der Waals surface area contributed by atoms with Crippen LogP contribution in [-0.4, -0.2) is 17.3 Å². The fraction of sp³-hybridized carbons (Fsp3) is 0.125. The number of hydrogen-bond donors (Lipinski definition) is 2. The van der Waals surface area contributed by atoms with E-state index in [9.17, 15) is 0 Å². The molecule has 0 amide bonds. The van der Waals surface area contributed by atoms with Crippen molar-refractivity contribution in [2.45, 2.75) is 0 Å². The summed E-state index contributed by atoms with van der Waals surface area (Å²) in [4.78, 5) is 0. The highest BCUT2D eigenvalue weighted by Crippen LogP contribution is 2.25. The Kier molecular flexibility index (Phi) is 1.40. The normalized spacial score (nSPS) is 10.4. The van der Waals surface area contributed by atoms with Crippen LogP contribution in [0.3, 0.4) is 0 Å². The lowest BCUT2D eigenvalue weighted by Gasteiger charge is -2.02. The number of H-pyrrole nitrogens is 1. The molecule has 0 unspecified atom stereocenters. The van der Waals surface area contributed by atoms with Gasteiger partial charge in [-0.3, -0.25) is 5.10 Å². The molecule has 62 valence electrons. The van der Waals surface area contributed by atoms with Crippen LogP contribution < -0.4 is 10.5 Å². The average molecular weight is 163 g/mol. The number of rotatable bonds is 1. The molecule has 0 aliphatic heterocycles. The van der Waals surface area contributed by atoms with E-state index in [-0.39, 0.29) is 0 Å². The molecule has 0 radical (unpaired) electrons. The molecule has 1 aromatic heterocycles. The number of nitrogens with zero attached hydrogens (tertiary/aromatic N) is 1. The fourth-order valence-corrected chi connectivity index (χ4v) is 1.16. The van der Waals surface area contributed by atoms with Crippen LogP contribution in [0.4, 0.5) is 5.69 Å². The number of aromatic nitrogens is 2. The number of nitrogen functional groups attached to an aromatic ring is 1. The minimum Gasteiger partial charge on any atom is -0.495 e. The Morgan fingerprint density at radius 2 is 2.33 bits per heavy atom. The maximum absolute atomic E-state index is 5.68. The summed E-state index contributed by atoms with van der Waals surface area (Å²) in [7, 11) is 1.59. The molecule has 4 heteroatoms. The zero-order valence-electron chi connectivity index (χ0n) is 6.66. The lowest BCUT2D eigenvalue weighted by molar-refractivity contribution is 0.417. The summed E-state index contributed by atoms with van der Waals surface area (Å²) in [6, 6.07) is 3.66. The van der Waals surface area contributed by atoms with E-state index in [0.29, 0.717) is 11.4 Å². The molecule has 0 atom stereocenters. The molecule has 0 aliphatic rings. The van der Waals surface area contributed by atoms with E-state index < -0.39 is 0 Å². The quantitative estimate of drug-likeness (QED) is 0.620. The molecule has 1 aromatic carbocycles. The Labute approximate surface area is 69.3 Å². The van der Waals surface area contributed by atoms with Crippen molar-refractivity contribution in [3.8, 4) is 5.75 Å². The Hall–Kier alpha value is -1.71. The van der Waals surface area contributed by atoms with Gasteiger partial charge in [-0.15, -0.1) is 0 Å². The van der Waals surface area contributed by atoms with Gasteiger partial charge in [0.2, 0.25) is 0 Å². The predicted octanol–water partition coefficient (Wildman–Crippen LogP) is 1.15. The Morgan fingerprint density at radius 3 is 3.08 bits per heavy atom. The first-order valence-electron chi connectivity index (χ1n) is 3.58. The van der Waals surface area contributed by atoms with Gasteiger partial charge in [-0.2, -0.15) is 5.10 Å². The lowest BCUT2D eigenvalue weighted by Crippen LogP contribution is -1.91. The molecule has 2 aromatic rings. The highest BCUT2D eigenvalue weighted by atomic mass is 16.5. The average Bonchev–Trinajstić information content (AvgIpc) is 2.49. The van der Waals surface area contributed by atoms with E-state index in [2.05, 4.69) is 10.2 Å². The van der Waals surface area contributed by atoms with E-state index >= 15 is 0 Å². The first-order chi connectivity index (χ1) is 5.81. The van der Waals surface area contributed by atoms with Crippen LogP contribution in [-0.2, 0) is 0 Å². The largest absolute Gasteiger partial charge is 0.495 e. The summed E-state index contributed by atoms with van der Waals surface area (Å²) in [6.07, 6.45) is 1.73. The molecule has 0 saturated carbocycles. The second-order valence-corrected chi connectivity index (χ2v) is 2.55. The summed E-state index contributed by atoms with van der Waals surface area (Å²) in [5.41, 5.74) is 7.23. The Morgan fingerprint density at radius 1 is 1.50 bits per heavy atom. The monoisotopic (exact) mass is 163 g/mol. The maximum Gasteiger partial charge on any atom is 0.142 e. The minimum atomic E-state index is 0.620. The molecule has 1 heterocycles. The van der Waals surface area contributed by atoms with Crippen molar-refractivity contribution in [1.29, 1.82) is 0 Å². The summed E-state index contributed by atoms with van der Waals surface area (Å²) in [5.74, 6) is 0.684. The molecular weight excluding hydrogens is 154 g/mol. The first kappa shape index (κ1) is 6.97. The van der Waals surface area contributed by atoms with Crippen LogP contribution in [0.15, 0.2) is 18.3 Å². The van der Waals surface area contributed by atoms with Crippen molar-refractivity contribution < 1.29 is 4.74 Å². The number of ether oxygens (including phenoxy) is 1. The van der Waals surface area contributed by atoms with Gasteiger partial charge >= 0.3 is 0 Å². The van der Waals surface area contributed by atoms with Crippen LogP contribution >= 0.6 is 0 Å². The smallest absolute Gasteiger partial charge is 0.142 e. The molecule has 0 bridgehead atoms.